The number of benzene rings is 1. The van der Waals surface area contributed by atoms with Crippen molar-refractivity contribution in [3.8, 4) is 0 Å². The van der Waals surface area contributed by atoms with Crippen LogP contribution in [0.15, 0.2) is 41.1 Å². The Bertz CT molecular complexity index is 692. The van der Waals surface area contributed by atoms with Crippen LogP contribution >= 0.6 is 15.9 Å². The number of nitrogens with zero attached hydrogens (tertiary/aromatic N) is 3. The van der Waals surface area contributed by atoms with Crippen LogP contribution in [-0.4, -0.2) is 29.0 Å². The number of piperidine rings is 1. The predicted octanol–water partition coefficient (Wildman–Crippen LogP) is 3.40. The number of hydrogen-bond donors (Lipinski definition) is 1. The Morgan fingerprint density at radius 2 is 2.13 bits per heavy atom. The fourth-order valence-corrected chi connectivity index (χ4v) is 3.31. The van der Waals surface area contributed by atoms with Gasteiger partial charge in [0.25, 0.3) is 0 Å². The molecule has 1 saturated heterocycles. The van der Waals surface area contributed by atoms with Crippen molar-refractivity contribution in [2.24, 2.45) is 5.92 Å². The molecule has 1 aromatic carbocycles. The molecule has 1 fully saturated rings. The minimum atomic E-state index is -0.0457. The molecular weight excluding hydrogens is 356 g/mol. The molecule has 0 spiro atoms. The topological polar surface area (TPSA) is 58.1 Å². The van der Waals surface area contributed by atoms with Gasteiger partial charge in [0, 0.05) is 35.6 Å². The zero-order valence-electron chi connectivity index (χ0n) is 13.0. The highest BCUT2D eigenvalue weighted by Gasteiger charge is 2.27. The van der Waals surface area contributed by atoms with Gasteiger partial charge in [0.1, 0.15) is 0 Å². The van der Waals surface area contributed by atoms with E-state index in [0.29, 0.717) is 12.5 Å². The monoisotopic (exact) mass is 374 g/mol. The molecule has 0 aliphatic carbocycles. The largest absolute Gasteiger partial charge is 0.340 e. The summed E-state index contributed by atoms with van der Waals surface area (Å²) >= 11 is 3.44. The molecule has 23 heavy (non-hydrogen) atoms. The van der Waals surface area contributed by atoms with Crippen LogP contribution in [0.4, 0.5) is 11.6 Å². The van der Waals surface area contributed by atoms with E-state index >= 15 is 0 Å². The number of aromatic nitrogens is 2. The normalized spacial score (nSPS) is 17.8. The summed E-state index contributed by atoms with van der Waals surface area (Å²) < 4.78 is 1.01. The third-order valence-electron chi connectivity index (χ3n) is 4.07. The maximum atomic E-state index is 12.6. The van der Waals surface area contributed by atoms with Crippen molar-refractivity contribution in [3.63, 3.8) is 0 Å². The molecule has 1 N–H and O–H groups in total. The average Bonchev–Trinajstić information content (AvgIpc) is 2.58. The van der Waals surface area contributed by atoms with Crippen LogP contribution in [0.1, 0.15) is 18.4 Å². The van der Waals surface area contributed by atoms with Gasteiger partial charge < -0.3 is 10.2 Å². The molecule has 0 saturated carbocycles. The number of anilines is 2. The lowest BCUT2D eigenvalue weighted by molar-refractivity contribution is -0.120. The molecule has 1 amide bonds. The van der Waals surface area contributed by atoms with Gasteiger partial charge in [-0.3, -0.25) is 4.79 Å². The van der Waals surface area contributed by atoms with Crippen molar-refractivity contribution in [2.75, 3.05) is 23.3 Å². The number of amides is 1. The number of carbonyl (C=O) groups is 1. The maximum Gasteiger partial charge on any atom is 0.229 e. The number of halogens is 1. The van der Waals surface area contributed by atoms with Crippen molar-refractivity contribution >= 4 is 33.5 Å². The van der Waals surface area contributed by atoms with Crippen LogP contribution in [0, 0.1) is 12.8 Å². The standard InChI is InChI=1S/C17H19BrN4O/c1-12-10-14(18)5-6-15(12)21-16(23)13-4-2-9-22(11-13)17-19-7-3-8-20-17/h3,5-8,10,13H,2,4,9,11H2,1H3,(H,21,23). The lowest BCUT2D eigenvalue weighted by Gasteiger charge is -2.32. The summed E-state index contributed by atoms with van der Waals surface area (Å²) in [5.41, 5.74) is 1.91. The first-order chi connectivity index (χ1) is 11.1. The van der Waals surface area contributed by atoms with Gasteiger partial charge in [-0.1, -0.05) is 15.9 Å². The maximum absolute atomic E-state index is 12.6. The second-order valence-corrected chi connectivity index (χ2v) is 6.70. The Hall–Kier alpha value is -1.95. The van der Waals surface area contributed by atoms with Gasteiger partial charge in [-0.15, -0.1) is 0 Å². The second-order valence-electron chi connectivity index (χ2n) is 5.78. The Kier molecular flexibility index (Phi) is 4.91. The fraction of sp³-hybridized carbons (Fsp3) is 0.353. The zero-order valence-corrected chi connectivity index (χ0v) is 14.6. The van der Waals surface area contributed by atoms with E-state index in [0.717, 1.165) is 35.1 Å². The molecule has 1 aromatic heterocycles. The van der Waals surface area contributed by atoms with E-state index in [1.807, 2.05) is 25.1 Å². The number of rotatable bonds is 3. The number of carbonyl (C=O) groups excluding carboxylic acids is 1. The van der Waals surface area contributed by atoms with E-state index < -0.39 is 0 Å². The Morgan fingerprint density at radius 3 is 2.87 bits per heavy atom. The third kappa shape index (κ3) is 3.88. The molecule has 1 unspecified atom stereocenters. The van der Waals surface area contributed by atoms with Gasteiger partial charge in [0.15, 0.2) is 0 Å². The van der Waals surface area contributed by atoms with Gasteiger partial charge in [-0.2, -0.15) is 0 Å². The average molecular weight is 375 g/mol. The van der Waals surface area contributed by atoms with Crippen LogP contribution in [0.5, 0.6) is 0 Å². The smallest absolute Gasteiger partial charge is 0.229 e. The first kappa shape index (κ1) is 15.9. The van der Waals surface area contributed by atoms with Gasteiger partial charge >= 0.3 is 0 Å². The zero-order chi connectivity index (χ0) is 16.2. The van der Waals surface area contributed by atoms with Crippen LogP contribution in [0.3, 0.4) is 0 Å². The van der Waals surface area contributed by atoms with E-state index in [4.69, 9.17) is 0 Å². The molecule has 1 atom stereocenters. The predicted molar refractivity (Wildman–Crippen MR) is 94.5 cm³/mol. The number of nitrogens with one attached hydrogen (secondary N) is 1. The van der Waals surface area contributed by atoms with E-state index in [1.165, 1.54) is 0 Å². The SMILES string of the molecule is Cc1cc(Br)ccc1NC(=O)C1CCCN(c2ncccn2)C1. The fourth-order valence-electron chi connectivity index (χ4n) is 2.83. The number of hydrogen-bond acceptors (Lipinski definition) is 4. The summed E-state index contributed by atoms with van der Waals surface area (Å²) in [7, 11) is 0. The van der Waals surface area contributed by atoms with Gasteiger partial charge in [-0.25, -0.2) is 9.97 Å². The highest BCUT2D eigenvalue weighted by Crippen LogP contribution is 2.24. The Morgan fingerprint density at radius 1 is 1.35 bits per heavy atom. The molecule has 2 heterocycles. The molecule has 1 aliphatic heterocycles. The van der Waals surface area contributed by atoms with E-state index in [2.05, 4.69) is 36.1 Å². The first-order valence-corrected chi connectivity index (χ1v) is 8.52. The van der Waals surface area contributed by atoms with E-state index in [9.17, 15) is 4.79 Å². The first-order valence-electron chi connectivity index (χ1n) is 7.72. The summed E-state index contributed by atoms with van der Waals surface area (Å²) in [5.74, 6) is 0.719. The molecule has 0 bridgehead atoms. The van der Waals surface area contributed by atoms with Crippen molar-refractivity contribution in [1.82, 2.24) is 9.97 Å². The molecule has 0 radical (unpaired) electrons. The van der Waals surface area contributed by atoms with Crippen LogP contribution < -0.4 is 10.2 Å². The third-order valence-corrected chi connectivity index (χ3v) is 4.57. The van der Waals surface area contributed by atoms with E-state index in [1.54, 1.807) is 18.5 Å². The van der Waals surface area contributed by atoms with Crippen LogP contribution in [-0.2, 0) is 4.79 Å². The highest BCUT2D eigenvalue weighted by atomic mass is 79.9. The highest BCUT2D eigenvalue weighted by molar-refractivity contribution is 9.10. The lowest BCUT2D eigenvalue weighted by atomic mass is 9.97. The Labute approximate surface area is 144 Å². The van der Waals surface area contributed by atoms with Crippen molar-refractivity contribution in [2.45, 2.75) is 19.8 Å². The van der Waals surface area contributed by atoms with E-state index in [-0.39, 0.29) is 11.8 Å². The molecule has 5 nitrogen and oxygen atoms in total. The summed E-state index contributed by atoms with van der Waals surface area (Å²) in [6.45, 7) is 3.54. The summed E-state index contributed by atoms with van der Waals surface area (Å²) in [6, 6.07) is 7.67. The van der Waals surface area contributed by atoms with Crippen molar-refractivity contribution < 1.29 is 4.79 Å². The summed E-state index contributed by atoms with van der Waals surface area (Å²) in [6.07, 6.45) is 5.33. The molecule has 120 valence electrons. The minimum Gasteiger partial charge on any atom is -0.340 e. The van der Waals surface area contributed by atoms with Gasteiger partial charge in [-0.05, 0) is 49.6 Å². The second kappa shape index (κ2) is 7.08. The van der Waals surface area contributed by atoms with Gasteiger partial charge in [0.05, 0.1) is 5.92 Å². The molecule has 3 rings (SSSR count). The molecule has 1 aliphatic rings. The molecule has 6 heteroatoms. The van der Waals surface area contributed by atoms with Crippen molar-refractivity contribution in [1.29, 1.82) is 0 Å². The summed E-state index contributed by atoms with van der Waals surface area (Å²) in [4.78, 5) is 23.2. The summed E-state index contributed by atoms with van der Waals surface area (Å²) in [5, 5.41) is 3.05. The molecular formula is C17H19BrN4O. The quantitative estimate of drug-likeness (QED) is 0.894. The van der Waals surface area contributed by atoms with Crippen LogP contribution in [0.2, 0.25) is 0 Å². The molecule has 2 aromatic rings. The van der Waals surface area contributed by atoms with Crippen molar-refractivity contribution in [3.05, 3.63) is 46.7 Å². The van der Waals surface area contributed by atoms with Gasteiger partial charge in [0.2, 0.25) is 11.9 Å². The minimum absolute atomic E-state index is 0.0457. The lowest BCUT2D eigenvalue weighted by Crippen LogP contribution is -2.41. The Balaban J connectivity index is 1.67. The number of aryl methyl sites for hydroxylation is 1. The van der Waals surface area contributed by atoms with Crippen LogP contribution in [0.25, 0.3) is 0 Å².